The fourth-order valence-electron chi connectivity index (χ4n) is 1.19. The van der Waals surface area contributed by atoms with Crippen molar-refractivity contribution in [2.45, 2.75) is 6.92 Å². The second kappa shape index (κ2) is 4.52. The molecule has 2 aromatic heterocycles. The van der Waals surface area contributed by atoms with Crippen LogP contribution in [0.4, 0.5) is 0 Å². The van der Waals surface area contributed by atoms with E-state index in [0.29, 0.717) is 12.3 Å². The first-order valence-electron chi connectivity index (χ1n) is 4.81. The first kappa shape index (κ1) is 10.3. The van der Waals surface area contributed by atoms with Crippen molar-refractivity contribution in [3.8, 4) is 11.3 Å². The lowest BCUT2D eigenvalue weighted by molar-refractivity contribution is 0.0518. The molecule has 0 fully saturated rings. The normalized spacial score (nSPS) is 10.1. The van der Waals surface area contributed by atoms with Gasteiger partial charge >= 0.3 is 5.97 Å². The molecule has 0 radical (unpaired) electrons. The average Bonchev–Trinajstić information content (AvgIpc) is 2.83. The van der Waals surface area contributed by atoms with Gasteiger partial charge < -0.3 is 4.74 Å². The molecule has 0 atom stereocenters. The lowest BCUT2D eigenvalue weighted by Gasteiger charge is -2.00. The molecule has 0 saturated carbocycles. The molecule has 82 valence electrons. The molecule has 6 heteroatoms. The van der Waals surface area contributed by atoms with Gasteiger partial charge in [-0.15, -0.1) is 10.2 Å². The van der Waals surface area contributed by atoms with E-state index >= 15 is 0 Å². The Balaban J connectivity index is 2.20. The number of H-pyrrole nitrogens is 1. The minimum Gasteiger partial charge on any atom is -0.461 e. The van der Waals surface area contributed by atoms with Gasteiger partial charge in [-0.25, -0.2) is 4.79 Å². The molecular formula is C10H10N4O2. The largest absolute Gasteiger partial charge is 0.461 e. The van der Waals surface area contributed by atoms with E-state index in [-0.39, 0.29) is 5.69 Å². The van der Waals surface area contributed by atoms with Crippen molar-refractivity contribution in [1.29, 1.82) is 0 Å². The Bertz CT molecular complexity index is 464. The summed E-state index contributed by atoms with van der Waals surface area (Å²) < 4.78 is 4.80. The molecule has 1 N–H and O–H groups in total. The van der Waals surface area contributed by atoms with Crippen LogP contribution in [0, 0.1) is 0 Å². The van der Waals surface area contributed by atoms with Crippen LogP contribution in [0.25, 0.3) is 11.3 Å². The number of hydrogen-bond acceptors (Lipinski definition) is 5. The summed E-state index contributed by atoms with van der Waals surface area (Å²) in [4.78, 5) is 11.3. The molecule has 0 saturated heterocycles. The number of nitrogens with zero attached hydrogens (tertiary/aromatic N) is 3. The summed E-state index contributed by atoms with van der Waals surface area (Å²) in [5, 5.41) is 14.2. The third-order valence-electron chi connectivity index (χ3n) is 1.94. The summed E-state index contributed by atoms with van der Waals surface area (Å²) in [5.74, 6) is -0.464. The third kappa shape index (κ3) is 2.05. The maximum absolute atomic E-state index is 11.3. The van der Waals surface area contributed by atoms with Gasteiger partial charge in [0.1, 0.15) is 0 Å². The van der Waals surface area contributed by atoms with Crippen molar-refractivity contribution in [3.05, 3.63) is 30.2 Å². The molecule has 2 rings (SSSR count). The van der Waals surface area contributed by atoms with E-state index in [4.69, 9.17) is 4.74 Å². The second-order valence-corrected chi connectivity index (χ2v) is 3.01. The number of nitrogens with one attached hydrogen (secondary N) is 1. The average molecular weight is 218 g/mol. The fourth-order valence-corrected chi connectivity index (χ4v) is 1.19. The lowest BCUT2D eigenvalue weighted by atomic mass is 10.2. The highest BCUT2D eigenvalue weighted by molar-refractivity contribution is 5.87. The van der Waals surface area contributed by atoms with Gasteiger partial charge in [0, 0.05) is 11.8 Å². The van der Waals surface area contributed by atoms with Gasteiger partial charge in [-0.1, -0.05) is 0 Å². The van der Waals surface area contributed by atoms with Crippen LogP contribution < -0.4 is 0 Å². The third-order valence-corrected chi connectivity index (χ3v) is 1.94. The first-order valence-corrected chi connectivity index (χ1v) is 4.81. The Morgan fingerprint density at radius 1 is 1.44 bits per heavy atom. The molecule has 0 spiro atoms. The van der Waals surface area contributed by atoms with Crippen molar-refractivity contribution in [2.75, 3.05) is 6.61 Å². The summed E-state index contributed by atoms with van der Waals surface area (Å²) in [6.07, 6.45) is 3.34. The molecule has 6 nitrogen and oxygen atoms in total. The Morgan fingerprint density at radius 2 is 2.31 bits per heavy atom. The van der Waals surface area contributed by atoms with Gasteiger partial charge in [0.05, 0.1) is 18.5 Å². The summed E-state index contributed by atoms with van der Waals surface area (Å²) in [6.45, 7) is 2.06. The van der Waals surface area contributed by atoms with Crippen LogP contribution in [0.5, 0.6) is 0 Å². The van der Waals surface area contributed by atoms with Crippen molar-refractivity contribution in [3.63, 3.8) is 0 Å². The van der Waals surface area contributed by atoms with Gasteiger partial charge in [0.15, 0.2) is 5.69 Å². The Labute approximate surface area is 91.7 Å². The van der Waals surface area contributed by atoms with Gasteiger partial charge in [-0.3, -0.25) is 5.10 Å². The summed E-state index contributed by atoms with van der Waals surface area (Å²) in [6, 6.07) is 3.28. The van der Waals surface area contributed by atoms with Gasteiger partial charge in [-0.2, -0.15) is 5.10 Å². The number of carbonyl (C=O) groups excluding carboxylic acids is 1. The molecule has 0 unspecified atom stereocenters. The molecule has 0 amide bonds. The SMILES string of the molecule is CCOC(=O)c1ccc(-c2cn[nH]c2)nn1. The quantitative estimate of drug-likeness (QED) is 0.778. The molecule has 16 heavy (non-hydrogen) atoms. The number of hydrogen-bond donors (Lipinski definition) is 1. The van der Waals surface area contributed by atoms with E-state index in [1.54, 1.807) is 31.5 Å². The minimum absolute atomic E-state index is 0.203. The van der Waals surface area contributed by atoms with Crippen molar-refractivity contribution in [2.24, 2.45) is 0 Å². The second-order valence-electron chi connectivity index (χ2n) is 3.01. The van der Waals surface area contributed by atoms with Gasteiger partial charge in [0.25, 0.3) is 0 Å². The number of esters is 1. The maximum Gasteiger partial charge on any atom is 0.358 e. The van der Waals surface area contributed by atoms with Crippen LogP contribution in [0.2, 0.25) is 0 Å². The number of aromatic amines is 1. The van der Waals surface area contributed by atoms with E-state index < -0.39 is 5.97 Å². The molecular weight excluding hydrogens is 208 g/mol. The minimum atomic E-state index is -0.464. The van der Waals surface area contributed by atoms with E-state index in [9.17, 15) is 4.79 Å². The zero-order valence-electron chi connectivity index (χ0n) is 8.67. The van der Waals surface area contributed by atoms with Crippen molar-refractivity contribution in [1.82, 2.24) is 20.4 Å². The topological polar surface area (TPSA) is 80.8 Å². The predicted molar refractivity (Wildman–Crippen MR) is 55.6 cm³/mol. The maximum atomic E-state index is 11.3. The molecule has 2 aromatic rings. The fraction of sp³-hybridized carbons (Fsp3) is 0.200. The zero-order chi connectivity index (χ0) is 11.4. The van der Waals surface area contributed by atoms with Crippen LogP contribution >= 0.6 is 0 Å². The van der Waals surface area contributed by atoms with Crippen LogP contribution in [-0.2, 0) is 4.74 Å². The molecule has 2 heterocycles. The summed E-state index contributed by atoms with van der Waals surface area (Å²) >= 11 is 0. The van der Waals surface area contributed by atoms with Crippen molar-refractivity contribution >= 4 is 5.97 Å². The zero-order valence-corrected chi connectivity index (χ0v) is 8.67. The molecule has 0 aromatic carbocycles. The van der Waals surface area contributed by atoms with Crippen molar-refractivity contribution < 1.29 is 9.53 Å². The highest BCUT2D eigenvalue weighted by Gasteiger charge is 2.09. The molecule has 0 bridgehead atoms. The predicted octanol–water partition coefficient (Wildman–Crippen LogP) is 1.04. The van der Waals surface area contributed by atoms with E-state index in [1.807, 2.05) is 0 Å². The Kier molecular flexibility index (Phi) is 2.90. The van der Waals surface area contributed by atoms with Gasteiger partial charge in [-0.05, 0) is 19.1 Å². The highest BCUT2D eigenvalue weighted by Crippen LogP contribution is 2.13. The molecule has 0 aliphatic carbocycles. The highest BCUT2D eigenvalue weighted by atomic mass is 16.5. The van der Waals surface area contributed by atoms with Crippen LogP contribution in [0.15, 0.2) is 24.5 Å². The summed E-state index contributed by atoms with van der Waals surface area (Å²) in [7, 11) is 0. The van der Waals surface area contributed by atoms with E-state index in [2.05, 4.69) is 20.4 Å². The first-order chi connectivity index (χ1) is 7.81. The standard InChI is InChI=1S/C10H10N4O2/c1-2-16-10(15)9-4-3-8(13-14-9)7-5-11-12-6-7/h3-6H,2H2,1H3,(H,11,12). The molecule has 0 aliphatic heterocycles. The molecule has 0 aliphatic rings. The smallest absolute Gasteiger partial charge is 0.358 e. The number of aromatic nitrogens is 4. The number of carbonyl (C=O) groups is 1. The monoisotopic (exact) mass is 218 g/mol. The Hall–Kier alpha value is -2.24. The van der Waals surface area contributed by atoms with Crippen LogP contribution in [0.1, 0.15) is 17.4 Å². The van der Waals surface area contributed by atoms with Crippen LogP contribution in [-0.4, -0.2) is 33.0 Å². The van der Waals surface area contributed by atoms with E-state index in [1.165, 1.54) is 0 Å². The number of ether oxygens (including phenoxy) is 1. The van der Waals surface area contributed by atoms with E-state index in [0.717, 1.165) is 5.56 Å². The van der Waals surface area contributed by atoms with Crippen LogP contribution in [0.3, 0.4) is 0 Å². The number of rotatable bonds is 3. The summed E-state index contributed by atoms with van der Waals surface area (Å²) in [5.41, 5.74) is 1.68. The van der Waals surface area contributed by atoms with Gasteiger partial charge in [0.2, 0.25) is 0 Å². The Morgan fingerprint density at radius 3 is 2.88 bits per heavy atom. The lowest BCUT2D eigenvalue weighted by Crippen LogP contribution is -2.07.